The number of nitrogens with zero attached hydrogens (tertiary/aromatic N) is 3. The van der Waals surface area contributed by atoms with Crippen molar-refractivity contribution in [3.63, 3.8) is 0 Å². The normalized spacial score (nSPS) is 12.9. The molecule has 0 bridgehead atoms. The summed E-state index contributed by atoms with van der Waals surface area (Å²) in [5.41, 5.74) is 1.85. The van der Waals surface area contributed by atoms with Gasteiger partial charge in [-0.25, -0.2) is 17.8 Å². The highest BCUT2D eigenvalue weighted by atomic mass is 32.2. The lowest BCUT2D eigenvalue weighted by atomic mass is 10.1. The van der Waals surface area contributed by atoms with Gasteiger partial charge in [0.25, 0.3) is 0 Å². The van der Waals surface area contributed by atoms with Gasteiger partial charge in [0, 0.05) is 38.0 Å². The largest absolute Gasteiger partial charge is 0.349 e. The van der Waals surface area contributed by atoms with Crippen LogP contribution in [0.5, 0.6) is 0 Å². The van der Waals surface area contributed by atoms with E-state index in [4.69, 9.17) is 0 Å². The van der Waals surface area contributed by atoms with Gasteiger partial charge in [-0.15, -0.1) is 0 Å². The second-order valence-electron chi connectivity index (χ2n) is 7.82. The van der Waals surface area contributed by atoms with Crippen LogP contribution in [0.4, 0.5) is 4.39 Å². The van der Waals surface area contributed by atoms with Crippen molar-refractivity contribution in [2.24, 2.45) is 0 Å². The van der Waals surface area contributed by atoms with Crippen molar-refractivity contribution in [2.45, 2.75) is 58.0 Å². The molecule has 1 heterocycles. The maximum atomic E-state index is 14.0. The number of carbonyl (C=O) groups is 1. The van der Waals surface area contributed by atoms with Crippen molar-refractivity contribution in [3.05, 3.63) is 59.7 Å². The zero-order valence-corrected chi connectivity index (χ0v) is 20.3. The molecule has 33 heavy (non-hydrogen) atoms. The summed E-state index contributed by atoms with van der Waals surface area (Å²) in [5.74, 6) is 0.150. The number of nitrogens with one attached hydrogen (secondary N) is 1. The topological polar surface area (TPSA) is 84.3 Å². The molecule has 1 N–H and O–H groups in total. The average molecular weight is 475 g/mol. The van der Waals surface area contributed by atoms with E-state index in [0.717, 1.165) is 5.52 Å². The van der Waals surface area contributed by atoms with Gasteiger partial charge in [0.1, 0.15) is 11.6 Å². The zero-order valence-electron chi connectivity index (χ0n) is 19.5. The van der Waals surface area contributed by atoms with Crippen molar-refractivity contribution < 1.29 is 17.6 Å². The van der Waals surface area contributed by atoms with Crippen LogP contribution in [-0.4, -0.2) is 41.3 Å². The summed E-state index contributed by atoms with van der Waals surface area (Å²) in [6.07, 6.45) is 0.573. The lowest BCUT2D eigenvalue weighted by Crippen LogP contribution is -2.30. The fourth-order valence-electron chi connectivity index (χ4n) is 4.02. The van der Waals surface area contributed by atoms with Crippen LogP contribution < -0.4 is 5.32 Å². The van der Waals surface area contributed by atoms with Gasteiger partial charge in [0.05, 0.1) is 22.0 Å². The van der Waals surface area contributed by atoms with Crippen LogP contribution >= 0.6 is 0 Å². The first-order valence-corrected chi connectivity index (χ1v) is 12.7. The summed E-state index contributed by atoms with van der Waals surface area (Å²) in [6, 6.07) is 10.9. The van der Waals surface area contributed by atoms with Gasteiger partial charge in [0.15, 0.2) is 0 Å². The third-order valence-electron chi connectivity index (χ3n) is 5.78. The number of halogens is 1. The molecular formula is C24H31FN4O3S. The van der Waals surface area contributed by atoms with Crippen LogP contribution in [0, 0.1) is 5.82 Å². The fraction of sp³-hybridized carbons (Fsp3) is 0.417. The summed E-state index contributed by atoms with van der Waals surface area (Å²) in [6.45, 7) is 8.77. The Balaban J connectivity index is 1.78. The number of carbonyl (C=O) groups excluding carboxylic acids is 1. The highest BCUT2D eigenvalue weighted by Crippen LogP contribution is 2.24. The van der Waals surface area contributed by atoms with Crippen LogP contribution in [0.3, 0.4) is 0 Å². The zero-order chi connectivity index (χ0) is 24.2. The Morgan fingerprint density at radius 2 is 1.85 bits per heavy atom. The number of benzene rings is 2. The number of imidazole rings is 1. The number of fused-ring (bicyclic) bond motifs is 1. The van der Waals surface area contributed by atoms with Crippen molar-refractivity contribution >= 4 is 27.0 Å². The quantitative estimate of drug-likeness (QED) is 0.481. The Labute approximate surface area is 194 Å². The number of amides is 1. The van der Waals surface area contributed by atoms with E-state index >= 15 is 0 Å². The summed E-state index contributed by atoms with van der Waals surface area (Å²) < 4.78 is 43.1. The standard InChI is InChI=1S/C24H31FN4O3S/c1-5-28(6-2)33(31,32)18-12-13-22-21(16-18)27-23(29(22)7-3)14-15-24(30)26-17(4)19-10-8-9-11-20(19)25/h8-13,16-17H,5-7,14-15H2,1-4H3,(H,26,30)/t17-/m1/s1. The van der Waals surface area contributed by atoms with Gasteiger partial charge in [-0.1, -0.05) is 32.0 Å². The van der Waals surface area contributed by atoms with E-state index in [1.807, 2.05) is 25.3 Å². The van der Waals surface area contributed by atoms with Gasteiger partial charge in [-0.2, -0.15) is 4.31 Å². The molecule has 0 saturated heterocycles. The van der Waals surface area contributed by atoms with Crippen molar-refractivity contribution in [2.75, 3.05) is 13.1 Å². The predicted molar refractivity (Wildman–Crippen MR) is 127 cm³/mol. The Bertz CT molecular complexity index is 1240. The Kier molecular flexibility index (Phi) is 7.86. The Hall–Kier alpha value is -2.78. The molecule has 1 atom stereocenters. The SMILES string of the molecule is CCN(CC)S(=O)(=O)c1ccc2c(c1)nc(CCC(=O)N[C@H](C)c1ccccc1F)n2CC. The van der Waals surface area contributed by atoms with Gasteiger partial charge >= 0.3 is 0 Å². The van der Waals surface area contributed by atoms with Crippen LogP contribution in [0.1, 0.15) is 51.5 Å². The second kappa shape index (κ2) is 10.4. The summed E-state index contributed by atoms with van der Waals surface area (Å²) in [4.78, 5) is 17.3. The van der Waals surface area contributed by atoms with Crippen LogP contribution in [0.15, 0.2) is 47.4 Å². The molecule has 0 spiro atoms. The van der Waals surface area contributed by atoms with Gasteiger partial charge < -0.3 is 9.88 Å². The minimum absolute atomic E-state index is 0.187. The number of aromatic nitrogens is 2. The molecule has 7 nitrogen and oxygen atoms in total. The highest BCUT2D eigenvalue weighted by molar-refractivity contribution is 7.89. The van der Waals surface area contributed by atoms with Crippen molar-refractivity contribution in [3.8, 4) is 0 Å². The van der Waals surface area contributed by atoms with Crippen molar-refractivity contribution in [1.82, 2.24) is 19.2 Å². The first-order valence-electron chi connectivity index (χ1n) is 11.3. The highest BCUT2D eigenvalue weighted by Gasteiger charge is 2.23. The van der Waals surface area contributed by atoms with E-state index in [2.05, 4.69) is 10.3 Å². The Morgan fingerprint density at radius 3 is 2.48 bits per heavy atom. The predicted octanol–water partition coefficient (Wildman–Crippen LogP) is 4.04. The molecule has 0 aliphatic carbocycles. The molecule has 178 valence electrons. The molecule has 0 aliphatic rings. The van der Waals surface area contributed by atoms with Crippen molar-refractivity contribution in [1.29, 1.82) is 0 Å². The molecule has 0 fully saturated rings. The molecule has 3 rings (SSSR count). The molecule has 0 radical (unpaired) electrons. The van der Waals surface area contributed by atoms with Gasteiger partial charge in [-0.05, 0) is 38.1 Å². The number of hydrogen-bond acceptors (Lipinski definition) is 4. The van der Waals surface area contributed by atoms with Crippen LogP contribution in [0.2, 0.25) is 0 Å². The molecule has 1 amide bonds. The minimum Gasteiger partial charge on any atom is -0.349 e. The van der Waals surface area contributed by atoms with E-state index in [1.54, 1.807) is 43.3 Å². The smallest absolute Gasteiger partial charge is 0.243 e. The van der Waals surface area contributed by atoms with Crippen LogP contribution in [-0.2, 0) is 27.8 Å². The minimum atomic E-state index is -3.58. The second-order valence-corrected chi connectivity index (χ2v) is 9.76. The van der Waals surface area contributed by atoms with E-state index in [-0.39, 0.29) is 23.0 Å². The maximum Gasteiger partial charge on any atom is 0.243 e. The monoisotopic (exact) mass is 474 g/mol. The van der Waals surface area contributed by atoms with E-state index < -0.39 is 16.1 Å². The average Bonchev–Trinajstić information content (AvgIpc) is 3.15. The first-order chi connectivity index (χ1) is 15.7. The van der Waals surface area contributed by atoms with Gasteiger partial charge in [-0.3, -0.25) is 4.79 Å². The molecule has 3 aromatic rings. The number of aryl methyl sites for hydroxylation is 2. The van der Waals surface area contributed by atoms with E-state index in [9.17, 15) is 17.6 Å². The number of hydrogen-bond donors (Lipinski definition) is 1. The third-order valence-corrected chi connectivity index (χ3v) is 7.83. The van der Waals surface area contributed by atoms with E-state index in [0.29, 0.717) is 43.0 Å². The number of sulfonamides is 1. The summed E-state index contributed by atoms with van der Waals surface area (Å²) >= 11 is 0. The van der Waals surface area contributed by atoms with E-state index in [1.165, 1.54) is 10.4 Å². The molecule has 0 aliphatic heterocycles. The molecule has 9 heteroatoms. The first kappa shape index (κ1) is 24.9. The summed E-state index contributed by atoms with van der Waals surface area (Å²) in [7, 11) is -3.58. The lowest BCUT2D eigenvalue weighted by molar-refractivity contribution is -0.121. The lowest BCUT2D eigenvalue weighted by Gasteiger charge is -2.18. The Morgan fingerprint density at radius 1 is 1.15 bits per heavy atom. The van der Waals surface area contributed by atoms with Crippen LogP contribution in [0.25, 0.3) is 11.0 Å². The fourth-order valence-corrected chi connectivity index (χ4v) is 5.50. The maximum absolute atomic E-state index is 14.0. The molecule has 0 saturated carbocycles. The third kappa shape index (κ3) is 5.25. The number of rotatable bonds is 10. The van der Waals surface area contributed by atoms with Gasteiger partial charge in [0.2, 0.25) is 15.9 Å². The molecule has 2 aromatic carbocycles. The summed E-state index contributed by atoms with van der Waals surface area (Å²) in [5, 5.41) is 2.83. The molecule has 0 unspecified atom stereocenters. The molecule has 1 aromatic heterocycles. The molecular weight excluding hydrogens is 443 g/mol.